The molecule has 0 atom stereocenters. The average Bonchev–Trinajstić information content (AvgIpc) is 3.14. The Bertz CT molecular complexity index is 585. The average molecular weight is 280 g/mol. The van der Waals surface area contributed by atoms with Gasteiger partial charge in [0.05, 0.1) is 16.4 Å². The van der Waals surface area contributed by atoms with Crippen LogP contribution in [0.3, 0.4) is 0 Å². The van der Waals surface area contributed by atoms with Gasteiger partial charge in [0.25, 0.3) is 0 Å². The normalized spacial score (nSPS) is 14.9. The Morgan fingerprint density at radius 3 is 2.89 bits per heavy atom. The third kappa shape index (κ3) is 2.80. The predicted octanol–water partition coefficient (Wildman–Crippen LogP) is 3.23. The lowest BCUT2D eigenvalue weighted by atomic mass is 10.1. The topological polar surface area (TPSA) is 29.9 Å². The fraction of sp³-hybridized carbons (Fsp3) is 0.357. The summed E-state index contributed by atoms with van der Waals surface area (Å²) < 4.78 is 15.1. The van der Waals surface area contributed by atoms with Crippen LogP contribution in [0.5, 0.6) is 0 Å². The van der Waals surface area contributed by atoms with E-state index in [-0.39, 0.29) is 5.82 Å². The van der Waals surface area contributed by atoms with E-state index < -0.39 is 0 Å². The first kappa shape index (κ1) is 12.6. The maximum absolute atomic E-state index is 13.4. The van der Waals surface area contributed by atoms with E-state index in [1.165, 1.54) is 18.9 Å². The maximum atomic E-state index is 13.4. The first-order chi connectivity index (χ1) is 9.13. The molecule has 0 aliphatic heterocycles. The molecule has 0 bridgehead atoms. The minimum atomic E-state index is -0.230. The molecular formula is C14H15ClFN3. The molecule has 0 amide bonds. The fourth-order valence-corrected chi connectivity index (χ4v) is 2.15. The van der Waals surface area contributed by atoms with E-state index in [1.54, 1.807) is 23.0 Å². The van der Waals surface area contributed by atoms with Crippen LogP contribution in [0.1, 0.15) is 24.1 Å². The highest BCUT2D eigenvalue weighted by Crippen LogP contribution is 2.23. The molecule has 3 nitrogen and oxygen atoms in total. The number of aryl methyl sites for hydroxylation is 1. The van der Waals surface area contributed by atoms with Gasteiger partial charge in [0.15, 0.2) is 0 Å². The molecule has 0 saturated heterocycles. The smallest absolute Gasteiger partial charge is 0.123 e. The molecule has 1 aromatic heterocycles. The quantitative estimate of drug-likeness (QED) is 0.931. The van der Waals surface area contributed by atoms with Crippen molar-refractivity contribution in [2.24, 2.45) is 0 Å². The zero-order valence-electron chi connectivity index (χ0n) is 10.7. The Labute approximate surface area is 116 Å². The molecule has 5 heteroatoms. The van der Waals surface area contributed by atoms with Crippen LogP contribution in [0.4, 0.5) is 4.39 Å². The van der Waals surface area contributed by atoms with Gasteiger partial charge in [-0.2, -0.15) is 5.10 Å². The Kier molecular flexibility index (Phi) is 3.29. The SMILES string of the molecule is Cc1nn(-c2ccc(F)cc2CNC2CC2)cc1Cl. The zero-order chi connectivity index (χ0) is 13.4. The van der Waals surface area contributed by atoms with Crippen LogP contribution in [-0.4, -0.2) is 15.8 Å². The van der Waals surface area contributed by atoms with E-state index in [0.29, 0.717) is 17.6 Å². The second-order valence-electron chi connectivity index (χ2n) is 4.94. The molecule has 100 valence electrons. The summed E-state index contributed by atoms with van der Waals surface area (Å²) in [5, 5.41) is 8.36. The van der Waals surface area contributed by atoms with E-state index in [1.807, 2.05) is 6.92 Å². The van der Waals surface area contributed by atoms with Crippen molar-refractivity contribution in [2.75, 3.05) is 0 Å². The van der Waals surface area contributed by atoms with Gasteiger partial charge in [-0.25, -0.2) is 9.07 Å². The van der Waals surface area contributed by atoms with Gasteiger partial charge in [0.1, 0.15) is 5.82 Å². The van der Waals surface area contributed by atoms with E-state index in [2.05, 4.69) is 10.4 Å². The summed E-state index contributed by atoms with van der Waals surface area (Å²) >= 11 is 6.03. The second kappa shape index (κ2) is 4.94. The molecule has 1 aromatic carbocycles. The van der Waals surface area contributed by atoms with Crippen molar-refractivity contribution in [2.45, 2.75) is 32.4 Å². The van der Waals surface area contributed by atoms with Crippen molar-refractivity contribution in [1.82, 2.24) is 15.1 Å². The summed E-state index contributed by atoms with van der Waals surface area (Å²) in [6.07, 6.45) is 4.17. The van der Waals surface area contributed by atoms with Gasteiger partial charge in [0, 0.05) is 18.8 Å². The number of nitrogens with zero attached hydrogens (tertiary/aromatic N) is 2. The van der Waals surface area contributed by atoms with Crippen molar-refractivity contribution < 1.29 is 4.39 Å². The van der Waals surface area contributed by atoms with Crippen molar-refractivity contribution in [3.63, 3.8) is 0 Å². The van der Waals surface area contributed by atoms with E-state index in [4.69, 9.17) is 11.6 Å². The molecule has 0 radical (unpaired) electrons. The Morgan fingerprint density at radius 2 is 2.26 bits per heavy atom. The van der Waals surface area contributed by atoms with Crippen molar-refractivity contribution in [3.05, 3.63) is 46.5 Å². The lowest BCUT2D eigenvalue weighted by Gasteiger charge is -2.10. The highest BCUT2D eigenvalue weighted by Gasteiger charge is 2.21. The number of nitrogens with one attached hydrogen (secondary N) is 1. The first-order valence-corrected chi connectivity index (χ1v) is 6.75. The minimum Gasteiger partial charge on any atom is -0.310 e. The highest BCUT2D eigenvalue weighted by molar-refractivity contribution is 6.31. The van der Waals surface area contributed by atoms with Crippen LogP contribution in [0.25, 0.3) is 5.69 Å². The van der Waals surface area contributed by atoms with Gasteiger partial charge in [-0.15, -0.1) is 0 Å². The van der Waals surface area contributed by atoms with Crippen molar-refractivity contribution in [1.29, 1.82) is 0 Å². The number of benzene rings is 1. The predicted molar refractivity (Wildman–Crippen MR) is 73.1 cm³/mol. The summed E-state index contributed by atoms with van der Waals surface area (Å²) in [7, 11) is 0. The van der Waals surface area contributed by atoms with Crippen molar-refractivity contribution >= 4 is 11.6 Å². The molecule has 19 heavy (non-hydrogen) atoms. The third-order valence-electron chi connectivity index (χ3n) is 3.29. The largest absolute Gasteiger partial charge is 0.310 e. The fourth-order valence-electron chi connectivity index (χ4n) is 2.02. The van der Waals surface area contributed by atoms with E-state index >= 15 is 0 Å². The number of halogens is 2. The number of rotatable bonds is 4. The third-order valence-corrected chi connectivity index (χ3v) is 3.66. The maximum Gasteiger partial charge on any atom is 0.123 e. The molecule has 1 fully saturated rings. The van der Waals surface area contributed by atoms with Gasteiger partial charge in [0.2, 0.25) is 0 Å². The van der Waals surface area contributed by atoms with Crippen LogP contribution in [0, 0.1) is 12.7 Å². The standard InChI is InChI=1S/C14H15ClFN3/c1-9-13(15)8-19(18-9)14-5-2-11(16)6-10(14)7-17-12-3-4-12/h2,5-6,8,12,17H,3-4,7H2,1H3. The van der Waals surface area contributed by atoms with E-state index in [0.717, 1.165) is 16.9 Å². The Balaban J connectivity index is 1.93. The van der Waals surface area contributed by atoms with Crippen LogP contribution in [-0.2, 0) is 6.54 Å². The van der Waals surface area contributed by atoms with Crippen LogP contribution in [0.2, 0.25) is 5.02 Å². The Hall–Kier alpha value is -1.39. The van der Waals surface area contributed by atoms with Crippen LogP contribution >= 0.6 is 11.6 Å². The van der Waals surface area contributed by atoms with Gasteiger partial charge < -0.3 is 5.32 Å². The lowest BCUT2D eigenvalue weighted by molar-refractivity contribution is 0.617. The van der Waals surface area contributed by atoms with Crippen molar-refractivity contribution in [3.8, 4) is 5.69 Å². The number of hydrogen-bond donors (Lipinski definition) is 1. The summed E-state index contributed by atoms with van der Waals surface area (Å²) in [4.78, 5) is 0. The molecule has 1 N–H and O–H groups in total. The molecule has 1 heterocycles. The van der Waals surface area contributed by atoms with Gasteiger partial charge >= 0.3 is 0 Å². The molecule has 2 aromatic rings. The van der Waals surface area contributed by atoms with Crippen LogP contribution < -0.4 is 5.32 Å². The summed E-state index contributed by atoms with van der Waals surface area (Å²) in [6.45, 7) is 2.50. The molecule has 1 aliphatic rings. The van der Waals surface area contributed by atoms with Crippen LogP contribution in [0.15, 0.2) is 24.4 Å². The van der Waals surface area contributed by atoms with Gasteiger partial charge in [-0.1, -0.05) is 11.6 Å². The zero-order valence-corrected chi connectivity index (χ0v) is 11.4. The van der Waals surface area contributed by atoms with Gasteiger partial charge in [-0.3, -0.25) is 0 Å². The summed E-state index contributed by atoms with van der Waals surface area (Å²) in [6, 6.07) is 5.32. The van der Waals surface area contributed by atoms with E-state index in [9.17, 15) is 4.39 Å². The first-order valence-electron chi connectivity index (χ1n) is 6.37. The molecule has 3 rings (SSSR count). The van der Waals surface area contributed by atoms with Gasteiger partial charge in [-0.05, 0) is 43.5 Å². The molecular weight excluding hydrogens is 265 g/mol. The molecule has 1 aliphatic carbocycles. The second-order valence-corrected chi connectivity index (χ2v) is 5.34. The lowest BCUT2D eigenvalue weighted by Crippen LogP contribution is -2.17. The number of hydrogen-bond acceptors (Lipinski definition) is 2. The minimum absolute atomic E-state index is 0.230. The number of aromatic nitrogens is 2. The molecule has 0 spiro atoms. The molecule has 1 saturated carbocycles. The highest BCUT2D eigenvalue weighted by atomic mass is 35.5. The monoisotopic (exact) mass is 279 g/mol. The molecule has 0 unspecified atom stereocenters. The summed E-state index contributed by atoms with van der Waals surface area (Å²) in [5.74, 6) is -0.230. The Morgan fingerprint density at radius 1 is 1.47 bits per heavy atom. The summed E-state index contributed by atoms with van der Waals surface area (Å²) in [5.41, 5.74) is 2.53.